The summed E-state index contributed by atoms with van der Waals surface area (Å²) in [6.45, 7) is 0.981. The molecule has 104 valence electrons. The Hall–Kier alpha value is -1.10. The third-order valence-electron chi connectivity index (χ3n) is 5.58. The first-order chi connectivity index (χ1) is 9.24. The Labute approximate surface area is 112 Å². The molecule has 4 aliphatic carbocycles. The third-order valence-corrected chi connectivity index (χ3v) is 5.58. The molecule has 0 saturated heterocycles. The van der Waals surface area contributed by atoms with Crippen LogP contribution in [0.25, 0.3) is 0 Å². The molecule has 5 rings (SSSR count). The van der Waals surface area contributed by atoms with Gasteiger partial charge in [0.15, 0.2) is 0 Å². The normalized spacial score (nSPS) is 39.9. The van der Waals surface area contributed by atoms with Crippen molar-refractivity contribution in [3.05, 3.63) is 16.3 Å². The highest BCUT2D eigenvalue weighted by atomic mass is 16.1. The summed E-state index contributed by atoms with van der Waals surface area (Å²) in [5.41, 5.74) is 5.43. The fraction of sp³-hybridized carbons (Fsp3) is 0.857. The number of aromatic nitrogens is 3. The van der Waals surface area contributed by atoms with Crippen molar-refractivity contribution < 1.29 is 0 Å². The van der Waals surface area contributed by atoms with Crippen LogP contribution in [-0.4, -0.2) is 21.3 Å². The van der Waals surface area contributed by atoms with Crippen molar-refractivity contribution in [2.75, 3.05) is 6.54 Å². The summed E-state index contributed by atoms with van der Waals surface area (Å²) in [7, 11) is 0. The van der Waals surface area contributed by atoms with Gasteiger partial charge in [-0.15, -0.1) is 0 Å². The Balaban J connectivity index is 1.65. The second-order valence-corrected chi connectivity index (χ2v) is 6.78. The van der Waals surface area contributed by atoms with Crippen LogP contribution in [0, 0.1) is 23.7 Å². The van der Waals surface area contributed by atoms with Gasteiger partial charge in [-0.3, -0.25) is 4.98 Å². The van der Waals surface area contributed by atoms with E-state index in [-0.39, 0.29) is 5.69 Å². The van der Waals surface area contributed by atoms with E-state index in [2.05, 4.69) is 10.1 Å². The molecule has 4 fully saturated rings. The van der Waals surface area contributed by atoms with Gasteiger partial charge in [-0.1, -0.05) is 0 Å². The van der Waals surface area contributed by atoms with Gasteiger partial charge in [0.05, 0.1) is 6.54 Å². The molecule has 0 atom stereocenters. The van der Waals surface area contributed by atoms with Crippen LogP contribution in [0.5, 0.6) is 0 Å². The summed E-state index contributed by atoms with van der Waals surface area (Å²) < 4.78 is 1.50. The van der Waals surface area contributed by atoms with Crippen LogP contribution in [0.3, 0.4) is 0 Å². The molecule has 4 saturated carbocycles. The van der Waals surface area contributed by atoms with E-state index in [9.17, 15) is 4.79 Å². The van der Waals surface area contributed by atoms with Crippen LogP contribution in [0.2, 0.25) is 0 Å². The Morgan fingerprint density at radius 1 is 1.16 bits per heavy atom. The van der Waals surface area contributed by atoms with Gasteiger partial charge in [0.1, 0.15) is 5.82 Å². The van der Waals surface area contributed by atoms with Gasteiger partial charge < -0.3 is 5.73 Å². The summed E-state index contributed by atoms with van der Waals surface area (Å²) in [4.78, 5) is 14.9. The van der Waals surface area contributed by atoms with Gasteiger partial charge in [0.25, 0.3) is 0 Å². The lowest BCUT2D eigenvalue weighted by Gasteiger charge is -2.53. The van der Waals surface area contributed by atoms with Crippen molar-refractivity contribution in [1.29, 1.82) is 0 Å². The van der Waals surface area contributed by atoms with Crippen molar-refractivity contribution >= 4 is 0 Å². The Bertz CT molecular complexity index is 504. The lowest BCUT2D eigenvalue weighted by molar-refractivity contribution is -0.00569. The fourth-order valence-corrected chi connectivity index (χ4v) is 5.17. The maximum atomic E-state index is 11.9. The molecule has 4 aliphatic rings. The highest BCUT2D eigenvalue weighted by Crippen LogP contribution is 2.59. The van der Waals surface area contributed by atoms with E-state index >= 15 is 0 Å². The van der Waals surface area contributed by atoms with E-state index < -0.39 is 0 Å². The van der Waals surface area contributed by atoms with Gasteiger partial charge in [0.2, 0.25) is 0 Å². The number of aromatic amines is 1. The fourth-order valence-electron chi connectivity index (χ4n) is 5.17. The number of rotatable bonds is 3. The van der Waals surface area contributed by atoms with E-state index in [0.29, 0.717) is 19.0 Å². The molecule has 5 heteroatoms. The number of nitrogens with zero attached hydrogens (tertiary/aromatic N) is 2. The largest absolute Gasteiger partial charge is 0.343 e. The standard InChI is InChI=1S/C14H22N4O/c15-1-2-18-14(19)16-13(17-18)12-10-4-8-3-9(6-10)7-11(12)5-8/h8-12H,1-7,15H2,(H,16,17,19). The van der Waals surface area contributed by atoms with Crippen molar-refractivity contribution in [2.45, 2.75) is 44.6 Å². The molecular formula is C14H22N4O. The monoisotopic (exact) mass is 262 g/mol. The number of hydrogen-bond donors (Lipinski definition) is 2. The van der Waals surface area contributed by atoms with Gasteiger partial charge >= 0.3 is 5.69 Å². The van der Waals surface area contributed by atoms with E-state index in [1.165, 1.54) is 36.8 Å². The molecule has 1 heterocycles. The maximum absolute atomic E-state index is 11.9. The van der Waals surface area contributed by atoms with Crippen LogP contribution in [0.4, 0.5) is 0 Å². The minimum Gasteiger partial charge on any atom is -0.329 e. The van der Waals surface area contributed by atoms with Gasteiger partial charge in [0, 0.05) is 12.5 Å². The van der Waals surface area contributed by atoms with Crippen molar-refractivity contribution in [1.82, 2.24) is 14.8 Å². The van der Waals surface area contributed by atoms with Crippen LogP contribution in [0.15, 0.2) is 4.79 Å². The zero-order chi connectivity index (χ0) is 13.0. The van der Waals surface area contributed by atoms with E-state index in [4.69, 9.17) is 5.73 Å². The molecule has 1 aromatic heterocycles. The highest BCUT2D eigenvalue weighted by molar-refractivity contribution is 5.09. The molecule has 5 nitrogen and oxygen atoms in total. The topological polar surface area (TPSA) is 76.7 Å². The van der Waals surface area contributed by atoms with Crippen LogP contribution in [-0.2, 0) is 6.54 Å². The van der Waals surface area contributed by atoms with E-state index in [1.807, 2.05) is 0 Å². The molecule has 0 aliphatic heterocycles. The van der Waals surface area contributed by atoms with Gasteiger partial charge in [-0.05, 0) is 55.8 Å². The molecule has 0 aromatic carbocycles. The van der Waals surface area contributed by atoms with E-state index in [0.717, 1.165) is 29.5 Å². The average molecular weight is 262 g/mol. The SMILES string of the molecule is NCCn1nc(C2C3CC4CC(C3)CC2C4)[nH]c1=O. The van der Waals surface area contributed by atoms with Crippen molar-refractivity contribution in [3.63, 3.8) is 0 Å². The quantitative estimate of drug-likeness (QED) is 0.855. The van der Waals surface area contributed by atoms with Crippen molar-refractivity contribution in [3.8, 4) is 0 Å². The maximum Gasteiger partial charge on any atom is 0.343 e. The van der Waals surface area contributed by atoms with Crippen LogP contribution < -0.4 is 11.4 Å². The third kappa shape index (κ3) is 1.78. The molecule has 19 heavy (non-hydrogen) atoms. The Morgan fingerprint density at radius 2 is 1.79 bits per heavy atom. The molecule has 0 radical (unpaired) electrons. The first-order valence-electron chi connectivity index (χ1n) is 7.61. The second-order valence-electron chi connectivity index (χ2n) is 6.78. The summed E-state index contributed by atoms with van der Waals surface area (Å²) in [6.07, 6.45) is 6.86. The predicted molar refractivity (Wildman–Crippen MR) is 71.7 cm³/mol. The molecule has 0 spiro atoms. The van der Waals surface area contributed by atoms with Crippen molar-refractivity contribution in [2.24, 2.45) is 29.4 Å². The average Bonchev–Trinajstić information content (AvgIpc) is 2.70. The number of nitrogens with one attached hydrogen (secondary N) is 1. The molecule has 1 aromatic rings. The first-order valence-corrected chi connectivity index (χ1v) is 7.61. The summed E-state index contributed by atoms with van der Waals surface area (Å²) in [5.74, 6) is 4.86. The number of nitrogens with two attached hydrogens (primary N) is 1. The lowest BCUT2D eigenvalue weighted by Crippen LogP contribution is -2.44. The minimum atomic E-state index is -0.0887. The van der Waals surface area contributed by atoms with Crippen LogP contribution in [0.1, 0.15) is 43.8 Å². The molecule has 0 unspecified atom stereocenters. The molecule has 3 N–H and O–H groups in total. The second kappa shape index (κ2) is 4.20. The number of H-pyrrole nitrogens is 1. The molecule has 4 bridgehead atoms. The van der Waals surface area contributed by atoms with E-state index in [1.54, 1.807) is 0 Å². The van der Waals surface area contributed by atoms with Crippen LogP contribution >= 0.6 is 0 Å². The highest BCUT2D eigenvalue weighted by Gasteiger charge is 2.49. The van der Waals surface area contributed by atoms with Gasteiger partial charge in [-0.25, -0.2) is 9.48 Å². The summed E-state index contributed by atoms with van der Waals surface area (Å²) >= 11 is 0. The predicted octanol–water partition coefficient (Wildman–Crippen LogP) is 1.07. The Kier molecular flexibility index (Phi) is 2.59. The smallest absolute Gasteiger partial charge is 0.329 e. The van der Waals surface area contributed by atoms with Gasteiger partial charge in [-0.2, -0.15) is 5.10 Å². The zero-order valence-electron chi connectivity index (χ0n) is 11.2. The Morgan fingerprint density at radius 3 is 2.37 bits per heavy atom. The lowest BCUT2D eigenvalue weighted by atomic mass is 9.52. The summed E-state index contributed by atoms with van der Waals surface area (Å²) in [6, 6.07) is 0. The number of hydrogen-bond acceptors (Lipinski definition) is 3. The minimum absolute atomic E-state index is 0.0887. The first kappa shape index (κ1) is 11.7. The zero-order valence-corrected chi connectivity index (χ0v) is 11.2. The molecule has 0 amide bonds. The molecular weight excluding hydrogens is 240 g/mol. The summed E-state index contributed by atoms with van der Waals surface area (Å²) in [5, 5.41) is 4.51.